The Morgan fingerprint density at radius 3 is 2.59 bits per heavy atom. The van der Waals surface area contributed by atoms with Gasteiger partial charge >= 0.3 is 5.97 Å². The largest absolute Gasteiger partial charge is 0.461 e. The molecule has 1 aromatic carbocycles. The van der Waals surface area contributed by atoms with Crippen molar-refractivity contribution in [3.63, 3.8) is 0 Å². The maximum atomic E-state index is 12.4. The van der Waals surface area contributed by atoms with Gasteiger partial charge in [-0.1, -0.05) is 0 Å². The number of nitrogens with one attached hydrogen (secondary N) is 2. The molecule has 32 heavy (non-hydrogen) atoms. The normalized spacial score (nSPS) is 22.2. The molecular weight excluding hydrogens is 416 g/mol. The predicted molar refractivity (Wildman–Crippen MR) is 117 cm³/mol. The lowest BCUT2D eigenvalue weighted by atomic mass is 10.0. The van der Waals surface area contributed by atoms with Crippen LogP contribution >= 0.6 is 0 Å². The average Bonchev–Trinajstić information content (AvgIpc) is 2.81. The highest BCUT2D eigenvalue weighted by Gasteiger charge is 2.29. The Labute approximate surface area is 188 Å². The number of rotatable bonds is 10. The second kappa shape index (κ2) is 12.5. The van der Waals surface area contributed by atoms with Crippen LogP contribution in [0.4, 0.5) is 5.69 Å². The highest BCUT2D eigenvalue weighted by Crippen LogP contribution is 2.15. The SMILES string of the molecule is COC1CN(CC(=O)Nc2ccc(C(=O)OCCN3CCOCC3)cc2)CCC1NC=O. The van der Waals surface area contributed by atoms with Crippen molar-refractivity contribution in [2.24, 2.45) is 0 Å². The summed E-state index contributed by atoms with van der Waals surface area (Å²) < 4.78 is 16.1. The van der Waals surface area contributed by atoms with Crippen LogP contribution in [0.5, 0.6) is 0 Å². The fraction of sp³-hybridized carbons (Fsp3) is 0.591. The van der Waals surface area contributed by atoms with Gasteiger partial charge < -0.3 is 24.8 Å². The van der Waals surface area contributed by atoms with Gasteiger partial charge in [0.05, 0.1) is 37.5 Å². The van der Waals surface area contributed by atoms with Crippen molar-refractivity contribution in [1.82, 2.24) is 15.1 Å². The molecule has 10 nitrogen and oxygen atoms in total. The molecule has 2 N–H and O–H groups in total. The third kappa shape index (κ3) is 7.27. The van der Waals surface area contributed by atoms with Crippen LogP contribution in [0.3, 0.4) is 0 Å². The molecule has 0 bridgehead atoms. The van der Waals surface area contributed by atoms with E-state index in [2.05, 4.69) is 15.5 Å². The van der Waals surface area contributed by atoms with E-state index in [1.165, 1.54) is 0 Å². The average molecular weight is 449 g/mol. The lowest BCUT2D eigenvalue weighted by molar-refractivity contribution is -0.119. The number of hydrogen-bond donors (Lipinski definition) is 2. The zero-order valence-corrected chi connectivity index (χ0v) is 18.5. The Morgan fingerprint density at radius 2 is 1.91 bits per heavy atom. The third-order valence-corrected chi connectivity index (χ3v) is 5.74. The maximum absolute atomic E-state index is 12.4. The molecule has 2 amide bonds. The summed E-state index contributed by atoms with van der Waals surface area (Å²) in [4.78, 5) is 39.5. The summed E-state index contributed by atoms with van der Waals surface area (Å²) in [5.41, 5.74) is 1.05. The van der Waals surface area contributed by atoms with Gasteiger partial charge in [0.15, 0.2) is 0 Å². The summed E-state index contributed by atoms with van der Waals surface area (Å²) in [7, 11) is 1.60. The van der Waals surface area contributed by atoms with Gasteiger partial charge in [0, 0.05) is 45.5 Å². The van der Waals surface area contributed by atoms with Gasteiger partial charge in [0.25, 0.3) is 0 Å². The van der Waals surface area contributed by atoms with Crippen molar-refractivity contribution >= 4 is 24.0 Å². The molecule has 2 atom stereocenters. The van der Waals surface area contributed by atoms with Gasteiger partial charge in [0.1, 0.15) is 6.61 Å². The van der Waals surface area contributed by atoms with Crippen LogP contribution in [0.1, 0.15) is 16.8 Å². The van der Waals surface area contributed by atoms with Crippen LogP contribution in [0.2, 0.25) is 0 Å². The molecule has 3 rings (SSSR count). The first kappa shape index (κ1) is 24.1. The van der Waals surface area contributed by atoms with Gasteiger partial charge in [-0.2, -0.15) is 0 Å². The number of hydrogen-bond acceptors (Lipinski definition) is 8. The minimum Gasteiger partial charge on any atom is -0.461 e. The first-order valence-corrected chi connectivity index (χ1v) is 10.9. The number of likely N-dealkylation sites (tertiary alicyclic amines) is 1. The molecule has 2 saturated heterocycles. The summed E-state index contributed by atoms with van der Waals surface area (Å²) >= 11 is 0. The number of carbonyl (C=O) groups excluding carboxylic acids is 3. The number of methoxy groups -OCH3 is 1. The zero-order chi connectivity index (χ0) is 22.8. The first-order chi connectivity index (χ1) is 15.6. The van der Waals surface area contributed by atoms with E-state index < -0.39 is 0 Å². The van der Waals surface area contributed by atoms with Gasteiger partial charge in [-0.05, 0) is 30.7 Å². The smallest absolute Gasteiger partial charge is 0.338 e. The molecule has 1 aromatic rings. The number of benzene rings is 1. The Morgan fingerprint density at radius 1 is 1.16 bits per heavy atom. The number of morpholine rings is 1. The van der Waals surface area contributed by atoms with E-state index in [0.29, 0.717) is 63.5 Å². The van der Waals surface area contributed by atoms with Gasteiger partial charge in [-0.15, -0.1) is 0 Å². The molecule has 0 spiro atoms. The van der Waals surface area contributed by atoms with E-state index in [1.807, 2.05) is 4.90 Å². The van der Waals surface area contributed by atoms with Crippen LogP contribution in [0, 0.1) is 0 Å². The van der Waals surface area contributed by atoms with Crippen molar-refractivity contribution in [2.75, 3.05) is 71.5 Å². The van der Waals surface area contributed by atoms with Crippen molar-refractivity contribution < 1.29 is 28.6 Å². The first-order valence-electron chi connectivity index (χ1n) is 10.9. The molecule has 176 valence electrons. The number of anilines is 1. The van der Waals surface area contributed by atoms with Gasteiger partial charge in [0.2, 0.25) is 12.3 Å². The van der Waals surface area contributed by atoms with Crippen LogP contribution in [-0.4, -0.2) is 106 Å². The van der Waals surface area contributed by atoms with Crippen molar-refractivity contribution in [2.45, 2.75) is 18.6 Å². The van der Waals surface area contributed by atoms with Crippen molar-refractivity contribution in [3.8, 4) is 0 Å². The summed E-state index contributed by atoms with van der Waals surface area (Å²) in [6, 6.07) is 6.62. The van der Waals surface area contributed by atoms with E-state index in [0.717, 1.165) is 13.1 Å². The zero-order valence-electron chi connectivity index (χ0n) is 18.5. The molecule has 2 aliphatic rings. The lowest BCUT2D eigenvalue weighted by Gasteiger charge is -2.37. The third-order valence-electron chi connectivity index (χ3n) is 5.74. The summed E-state index contributed by atoms with van der Waals surface area (Å²) in [5, 5.41) is 5.61. The number of esters is 1. The number of nitrogens with zero attached hydrogens (tertiary/aromatic N) is 2. The summed E-state index contributed by atoms with van der Waals surface area (Å²) in [6.45, 7) is 5.62. The maximum Gasteiger partial charge on any atom is 0.338 e. The topological polar surface area (TPSA) is 109 Å². The van der Waals surface area contributed by atoms with E-state index in [4.69, 9.17) is 14.2 Å². The van der Waals surface area contributed by atoms with Gasteiger partial charge in [-0.25, -0.2) is 4.79 Å². The van der Waals surface area contributed by atoms with Gasteiger partial charge in [-0.3, -0.25) is 19.4 Å². The summed E-state index contributed by atoms with van der Waals surface area (Å²) in [6.07, 6.45) is 1.24. The molecule has 0 saturated carbocycles. The van der Waals surface area contributed by atoms with Crippen LogP contribution in [-0.2, 0) is 23.8 Å². The lowest BCUT2D eigenvalue weighted by Crippen LogP contribution is -2.54. The van der Waals surface area contributed by atoms with E-state index in [-0.39, 0.29) is 30.6 Å². The predicted octanol–water partition coefficient (Wildman–Crippen LogP) is -0.0506. The van der Waals surface area contributed by atoms with E-state index >= 15 is 0 Å². The monoisotopic (exact) mass is 448 g/mol. The number of carbonyl (C=O) groups is 3. The molecule has 10 heteroatoms. The minimum absolute atomic E-state index is 0.0435. The molecule has 0 radical (unpaired) electrons. The van der Waals surface area contributed by atoms with Crippen molar-refractivity contribution in [1.29, 1.82) is 0 Å². The molecular formula is C22H32N4O6. The molecule has 2 fully saturated rings. The van der Waals surface area contributed by atoms with E-state index in [9.17, 15) is 14.4 Å². The minimum atomic E-state index is -0.381. The number of ether oxygens (including phenoxy) is 3. The Balaban J connectivity index is 1.40. The fourth-order valence-electron chi connectivity index (χ4n) is 3.91. The number of piperidine rings is 1. The highest BCUT2D eigenvalue weighted by atomic mass is 16.5. The van der Waals surface area contributed by atoms with Crippen LogP contribution in [0.15, 0.2) is 24.3 Å². The quantitative estimate of drug-likeness (QED) is 0.379. The molecule has 2 aliphatic heterocycles. The standard InChI is InChI=1S/C22H32N4O6/c1-30-20-14-26(7-6-19(20)23-16-27)15-21(28)24-18-4-2-17(3-5-18)22(29)32-13-10-25-8-11-31-12-9-25/h2-5,16,19-20H,6-15H2,1H3,(H,23,27)(H,24,28). The Bertz CT molecular complexity index is 753. The van der Waals surface area contributed by atoms with E-state index in [1.54, 1.807) is 31.4 Å². The molecule has 2 heterocycles. The number of amides is 2. The molecule has 2 unspecified atom stereocenters. The summed E-state index contributed by atoms with van der Waals surface area (Å²) in [5.74, 6) is -0.531. The Hall–Kier alpha value is -2.53. The Kier molecular flexibility index (Phi) is 9.42. The van der Waals surface area contributed by atoms with Crippen LogP contribution in [0.25, 0.3) is 0 Å². The molecule has 0 aliphatic carbocycles. The molecule has 0 aromatic heterocycles. The fourth-order valence-corrected chi connectivity index (χ4v) is 3.91. The second-order valence-electron chi connectivity index (χ2n) is 7.90. The highest BCUT2D eigenvalue weighted by molar-refractivity contribution is 5.94. The second-order valence-corrected chi connectivity index (χ2v) is 7.90. The van der Waals surface area contributed by atoms with Crippen molar-refractivity contribution in [3.05, 3.63) is 29.8 Å². The van der Waals surface area contributed by atoms with Crippen LogP contribution < -0.4 is 10.6 Å².